The molecule has 0 spiro atoms. The monoisotopic (exact) mass is 456 g/mol. The lowest BCUT2D eigenvalue weighted by molar-refractivity contribution is -0.113. The van der Waals surface area contributed by atoms with E-state index in [1.54, 1.807) is 29.2 Å². The Balaban J connectivity index is 1.28. The van der Waals surface area contributed by atoms with Crippen molar-refractivity contribution in [2.24, 2.45) is 0 Å². The van der Waals surface area contributed by atoms with Crippen LogP contribution in [-0.4, -0.2) is 50.0 Å². The normalized spacial score (nSPS) is 17.4. The largest absolute Gasteiger partial charge is 0.497 e. The van der Waals surface area contributed by atoms with Crippen LogP contribution in [0.1, 0.15) is 23.2 Å². The summed E-state index contributed by atoms with van der Waals surface area (Å²) < 4.78 is 10.6. The predicted octanol–water partition coefficient (Wildman–Crippen LogP) is 2.86. The number of thioether (sulfide) groups is 1. The molecule has 1 atom stereocenters. The number of carbonyl (C=O) groups is 3. The van der Waals surface area contributed by atoms with Gasteiger partial charge in [0.1, 0.15) is 11.9 Å². The number of fused-ring (bicyclic) bond motifs is 1. The lowest BCUT2D eigenvalue weighted by Crippen LogP contribution is -2.27. The van der Waals surface area contributed by atoms with Crippen molar-refractivity contribution in [2.45, 2.75) is 23.8 Å². The molecule has 4 N–H and O–H groups in total. The van der Waals surface area contributed by atoms with Crippen molar-refractivity contribution in [2.75, 3.05) is 41.9 Å². The second kappa shape index (κ2) is 9.39. The maximum atomic E-state index is 12.4. The summed E-state index contributed by atoms with van der Waals surface area (Å²) in [7, 11) is 1.53. The summed E-state index contributed by atoms with van der Waals surface area (Å²) >= 11 is 1.47. The molecule has 1 saturated heterocycles. The highest BCUT2D eigenvalue weighted by Gasteiger charge is 2.32. The molecule has 0 saturated carbocycles. The maximum Gasteiger partial charge on any atom is 0.414 e. The van der Waals surface area contributed by atoms with Gasteiger partial charge < -0.3 is 25.8 Å². The Morgan fingerprint density at radius 3 is 2.97 bits per heavy atom. The Morgan fingerprint density at radius 1 is 1.31 bits per heavy atom. The van der Waals surface area contributed by atoms with E-state index >= 15 is 0 Å². The first-order chi connectivity index (χ1) is 15.4. The van der Waals surface area contributed by atoms with E-state index in [0.29, 0.717) is 60.1 Å². The van der Waals surface area contributed by atoms with Crippen LogP contribution in [0.3, 0.4) is 0 Å². The van der Waals surface area contributed by atoms with Gasteiger partial charge in [0, 0.05) is 22.8 Å². The van der Waals surface area contributed by atoms with Gasteiger partial charge in [0.05, 0.1) is 30.7 Å². The molecular weight excluding hydrogens is 432 g/mol. The number of amides is 3. The standard InChI is InChI=1S/C22H24N4O5S/c1-30-14-5-6-17(23)16(10-14)21(28)24-8-2-3-15-11-26(22(29)31-15)13-4-7-19-18(9-13)25-20(27)12-32-19/h4-7,9-10,15H,2-3,8,11-12,23H2,1H3,(H,24,28)(H,25,27)/t15-/m1/s1. The fraction of sp³-hybridized carbons (Fsp3) is 0.318. The fourth-order valence-corrected chi connectivity index (χ4v) is 4.40. The van der Waals surface area contributed by atoms with Crippen molar-refractivity contribution in [1.82, 2.24) is 5.32 Å². The number of methoxy groups -OCH3 is 1. The molecule has 0 bridgehead atoms. The van der Waals surface area contributed by atoms with Crippen LogP contribution in [0.15, 0.2) is 41.3 Å². The minimum atomic E-state index is -0.419. The molecule has 0 unspecified atom stereocenters. The molecule has 32 heavy (non-hydrogen) atoms. The number of nitrogens with one attached hydrogen (secondary N) is 2. The van der Waals surface area contributed by atoms with Gasteiger partial charge in [0.25, 0.3) is 5.91 Å². The molecular formula is C22H24N4O5S. The number of benzene rings is 2. The van der Waals surface area contributed by atoms with Crippen LogP contribution < -0.4 is 26.0 Å². The molecule has 10 heteroatoms. The average Bonchev–Trinajstić information content (AvgIpc) is 3.16. The summed E-state index contributed by atoms with van der Waals surface area (Å²) in [5.41, 5.74) is 8.01. The van der Waals surface area contributed by atoms with Crippen LogP contribution in [0.4, 0.5) is 21.9 Å². The topological polar surface area (TPSA) is 123 Å². The third-order valence-electron chi connectivity index (χ3n) is 5.28. The molecule has 2 aliphatic heterocycles. The van der Waals surface area contributed by atoms with Gasteiger partial charge in [-0.1, -0.05) is 0 Å². The zero-order valence-corrected chi connectivity index (χ0v) is 18.4. The fourth-order valence-electron chi connectivity index (χ4n) is 3.61. The van der Waals surface area contributed by atoms with Gasteiger partial charge in [-0.05, 0) is 49.2 Å². The number of hydrogen-bond acceptors (Lipinski definition) is 7. The molecule has 2 aromatic carbocycles. The molecule has 9 nitrogen and oxygen atoms in total. The van der Waals surface area contributed by atoms with Crippen LogP contribution in [0.25, 0.3) is 0 Å². The minimum Gasteiger partial charge on any atom is -0.497 e. The molecule has 3 amide bonds. The molecule has 2 aliphatic rings. The molecule has 0 radical (unpaired) electrons. The van der Waals surface area contributed by atoms with Crippen LogP contribution in [0.2, 0.25) is 0 Å². The Kier molecular flexibility index (Phi) is 6.40. The second-order valence-corrected chi connectivity index (χ2v) is 8.50. The van der Waals surface area contributed by atoms with Crippen LogP contribution >= 0.6 is 11.8 Å². The van der Waals surface area contributed by atoms with Gasteiger partial charge in [-0.15, -0.1) is 11.8 Å². The van der Waals surface area contributed by atoms with Gasteiger partial charge in [-0.2, -0.15) is 0 Å². The zero-order valence-electron chi connectivity index (χ0n) is 17.6. The smallest absolute Gasteiger partial charge is 0.414 e. The van der Waals surface area contributed by atoms with Crippen molar-refractivity contribution in [3.05, 3.63) is 42.0 Å². The lowest BCUT2D eigenvalue weighted by atomic mass is 10.1. The van der Waals surface area contributed by atoms with Crippen LogP contribution in [0.5, 0.6) is 5.75 Å². The van der Waals surface area contributed by atoms with Crippen molar-refractivity contribution >= 4 is 46.7 Å². The van der Waals surface area contributed by atoms with Crippen LogP contribution in [0, 0.1) is 0 Å². The third-order valence-corrected chi connectivity index (χ3v) is 6.35. The number of nitrogen functional groups attached to an aromatic ring is 1. The van der Waals surface area contributed by atoms with Gasteiger partial charge >= 0.3 is 6.09 Å². The number of nitrogens with two attached hydrogens (primary N) is 1. The highest BCUT2D eigenvalue weighted by Crippen LogP contribution is 2.35. The number of cyclic esters (lactones) is 1. The lowest BCUT2D eigenvalue weighted by Gasteiger charge is -2.20. The summed E-state index contributed by atoms with van der Waals surface area (Å²) in [4.78, 5) is 38.9. The Morgan fingerprint density at radius 2 is 2.16 bits per heavy atom. The van der Waals surface area contributed by atoms with Crippen molar-refractivity contribution < 1.29 is 23.9 Å². The summed E-state index contributed by atoms with van der Waals surface area (Å²) in [6.07, 6.45) is 0.547. The van der Waals surface area contributed by atoms with Crippen molar-refractivity contribution in [1.29, 1.82) is 0 Å². The molecule has 4 rings (SSSR count). The number of hydrogen-bond donors (Lipinski definition) is 3. The van der Waals surface area contributed by atoms with Crippen molar-refractivity contribution in [3.63, 3.8) is 0 Å². The SMILES string of the molecule is COc1ccc(N)c(C(=O)NCCC[C@@H]2CN(c3ccc4c(c3)NC(=O)CS4)C(=O)O2)c1. The summed E-state index contributed by atoms with van der Waals surface area (Å²) in [5.74, 6) is 0.614. The molecule has 1 fully saturated rings. The minimum absolute atomic E-state index is 0.0562. The number of rotatable bonds is 7. The van der Waals surface area contributed by atoms with Crippen molar-refractivity contribution in [3.8, 4) is 5.75 Å². The zero-order chi connectivity index (χ0) is 22.7. The average molecular weight is 457 g/mol. The van der Waals surface area contributed by atoms with E-state index in [1.165, 1.54) is 18.9 Å². The molecule has 2 aromatic rings. The van der Waals surface area contributed by atoms with E-state index in [4.69, 9.17) is 15.2 Å². The molecule has 0 aromatic heterocycles. The first-order valence-electron chi connectivity index (χ1n) is 10.2. The Labute approximate surface area is 189 Å². The maximum absolute atomic E-state index is 12.4. The summed E-state index contributed by atoms with van der Waals surface area (Å²) in [5, 5.41) is 5.67. The van der Waals surface area contributed by atoms with Gasteiger partial charge in [-0.3, -0.25) is 14.5 Å². The second-order valence-electron chi connectivity index (χ2n) is 7.48. The van der Waals surface area contributed by atoms with Crippen LogP contribution in [-0.2, 0) is 9.53 Å². The number of ether oxygens (including phenoxy) is 2. The van der Waals surface area contributed by atoms with E-state index in [0.717, 1.165) is 4.90 Å². The van der Waals surface area contributed by atoms with E-state index in [-0.39, 0.29) is 17.9 Å². The van der Waals surface area contributed by atoms with Gasteiger partial charge in [0.15, 0.2) is 0 Å². The Hall–Kier alpha value is -3.40. The molecule has 0 aliphatic carbocycles. The van der Waals surface area contributed by atoms with E-state index < -0.39 is 6.09 Å². The quantitative estimate of drug-likeness (QED) is 0.432. The van der Waals surface area contributed by atoms with E-state index in [9.17, 15) is 14.4 Å². The van der Waals surface area contributed by atoms with E-state index in [2.05, 4.69) is 10.6 Å². The van der Waals surface area contributed by atoms with Gasteiger partial charge in [0.2, 0.25) is 5.91 Å². The first kappa shape index (κ1) is 21.8. The summed E-state index contributed by atoms with van der Waals surface area (Å²) in [6.45, 7) is 0.834. The Bertz CT molecular complexity index is 1060. The molecule has 168 valence electrons. The highest BCUT2D eigenvalue weighted by molar-refractivity contribution is 8.00. The number of carbonyl (C=O) groups excluding carboxylic acids is 3. The van der Waals surface area contributed by atoms with E-state index in [1.807, 2.05) is 12.1 Å². The third kappa shape index (κ3) is 4.75. The highest BCUT2D eigenvalue weighted by atomic mass is 32.2. The molecule has 2 heterocycles. The number of nitrogens with zero attached hydrogens (tertiary/aromatic N) is 1. The predicted molar refractivity (Wildman–Crippen MR) is 122 cm³/mol. The number of anilines is 3. The first-order valence-corrected chi connectivity index (χ1v) is 11.2. The van der Waals surface area contributed by atoms with Gasteiger partial charge in [-0.25, -0.2) is 4.79 Å². The summed E-state index contributed by atoms with van der Waals surface area (Å²) in [6, 6.07) is 10.5.